The van der Waals surface area contributed by atoms with Crippen molar-refractivity contribution in [3.05, 3.63) is 252 Å². The van der Waals surface area contributed by atoms with Crippen molar-refractivity contribution < 1.29 is 57.5 Å². The molecule has 0 saturated heterocycles. The van der Waals surface area contributed by atoms with Crippen molar-refractivity contribution in [2.75, 3.05) is 14.2 Å². The van der Waals surface area contributed by atoms with E-state index in [-0.39, 0.29) is 36.9 Å². The molecule has 0 aliphatic carbocycles. The summed E-state index contributed by atoms with van der Waals surface area (Å²) >= 11 is 0. The van der Waals surface area contributed by atoms with Crippen molar-refractivity contribution in [3.8, 4) is 11.5 Å². The first kappa shape index (κ1) is 54.6. The Hall–Kier alpha value is -8.72. The average Bonchev–Trinajstić information content (AvgIpc) is 4.07. The van der Waals surface area contributed by atoms with E-state index in [0.717, 1.165) is 11.1 Å². The van der Waals surface area contributed by atoms with E-state index >= 15 is 0 Å². The number of hydrogen-bond acceptors (Lipinski definition) is 10. The molecule has 2 heterocycles. The van der Waals surface area contributed by atoms with Crippen molar-refractivity contribution in [1.29, 1.82) is 0 Å². The van der Waals surface area contributed by atoms with Crippen molar-refractivity contribution in [2.24, 2.45) is 0 Å². The maximum Gasteiger partial charge on any atom is 0.244 e. The van der Waals surface area contributed by atoms with Crippen LogP contribution in [0.1, 0.15) is 66.3 Å². The molecule has 0 bridgehead atoms. The standard InChI is InChI=1S/2C28H29N2O3.C4H4O4/c2*1-22-9-6-7-14-26(22)28(33-20-23-10-4-3-5-11-23)19-30-16-15-29(21-30)18-27(31)24-12-8-13-25(17-24)32-2;5-3(6)1-2-4(7)8/h2*3-17,21,28H,18-20H2,1-2H3;1-2H,(H,5,6)(H,7,8)/q2*+1;/p-2/b;;2-1+. The van der Waals surface area contributed by atoms with Crippen LogP contribution in [0.2, 0.25) is 0 Å². The number of ether oxygens (including phenoxy) is 4. The van der Waals surface area contributed by atoms with E-state index in [0.29, 0.717) is 61.1 Å². The third-order valence-corrected chi connectivity index (χ3v) is 11.7. The molecule has 6 aromatic carbocycles. The molecule has 8 rings (SSSR count). The third kappa shape index (κ3) is 17.5. The zero-order valence-corrected chi connectivity index (χ0v) is 41.9. The van der Waals surface area contributed by atoms with Gasteiger partial charge in [0.2, 0.25) is 24.2 Å². The Morgan fingerprint density at radius 1 is 0.514 bits per heavy atom. The number of imidazole rings is 2. The maximum absolute atomic E-state index is 12.7. The second-order valence-electron chi connectivity index (χ2n) is 17.1. The number of aliphatic carboxylic acids is 2. The van der Waals surface area contributed by atoms with Crippen LogP contribution in [-0.2, 0) is 58.5 Å². The largest absolute Gasteiger partial charge is 0.545 e. The van der Waals surface area contributed by atoms with Gasteiger partial charge in [-0.05, 0) is 83.6 Å². The molecule has 8 aromatic rings. The average molecular weight is 997 g/mol. The van der Waals surface area contributed by atoms with Crippen molar-refractivity contribution in [3.63, 3.8) is 0 Å². The van der Waals surface area contributed by atoms with E-state index in [1.807, 2.05) is 144 Å². The number of aryl methyl sites for hydroxylation is 2. The molecule has 74 heavy (non-hydrogen) atoms. The first-order valence-corrected chi connectivity index (χ1v) is 23.8. The Morgan fingerprint density at radius 2 is 0.892 bits per heavy atom. The van der Waals surface area contributed by atoms with Crippen molar-refractivity contribution >= 4 is 23.5 Å². The Bertz CT molecular complexity index is 2890. The molecule has 0 fully saturated rings. The van der Waals surface area contributed by atoms with Crippen molar-refractivity contribution in [1.82, 2.24) is 9.13 Å². The predicted octanol–water partition coefficient (Wildman–Crippen LogP) is 6.91. The molecule has 2 aromatic heterocycles. The van der Waals surface area contributed by atoms with Crippen LogP contribution >= 0.6 is 0 Å². The number of nitrogens with zero attached hydrogens (tertiary/aromatic N) is 4. The van der Waals surface area contributed by atoms with Crippen LogP contribution in [0.5, 0.6) is 11.5 Å². The van der Waals surface area contributed by atoms with Gasteiger partial charge in [-0.3, -0.25) is 9.59 Å². The zero-order chi connectivity index (χ0) is 52.7. The number of carboxylic acids is 2. The fourth-order valence-electron chi connectivity index (χ4n) is 7.83. The van der Waals surface area contributed by atoms with Gasteiger partial charge < -0.3 is 38.7 Å². The van der Waals surface area contributed by atoms with E-state index in [9.17, 15) is 29.4 Å². The van der Waals surface area contributed by atoms with Crippen LogP contribution in [0.25, 0.3) is 0 Å². The van der Waals surface area contributed by atoms with Gasteiger partial charge in [0.05, 0.1) is 39.4 Å². The summed E-state index contributed by atoms with van der Waals surface area (Å²) in [5, 5.41) is 18.8. The molecule has 0 amide bonds. The number of carbonyl (C=O) groups is 4. The molecule has 14 heteroatoms. The lowest BCUT2D eigenvalue weighted by Gasteiger charge is -2.19. The summed E-state index contributed by atoms with van der Waals surface area (Å²) in [5.41, 5.74) is 8.29. The van der Waals surface area contributed by atoms with Crippen LogP contribution in [0.15, 0.2) is 207 Å². The number of ketones is 2. The van der Waals surface area contributed by atoms with Gasteiger partial charge in [0, 0.05) is 11.1 Å². The first-order chi connectivity index (χ1) is 35.9. The summed E-state index contributed by atoms with van der Waals surface area (Å²) in [5.74, 6) is -1.66. The van der Waals surface area contributed by atoms with Gasteiger partial charge in [-0.2, -0.15) is 0 Å². The fraction of sp³-hybridized carbons (Fsp3) is 0.200. The number of Topliss-reactive ketones (excluding diaryl/α,β-unsaturated/α-hetero) is 2. The second-order valence-corrected chi connectivity index (χ2v) is 17.1. The lowest BCUT2D eigenvalue weighted by molar-refractivity contribution is -0.682. The number of carboxylic acid groups (broad SMARTS) is 2. The number of benzene rings is 6. The number of hydrogen-bond donors (Lipinski definition) is 0. The molecule has 0 radical (unpaired) electrons. The Balaban J connectivity index is 0.000000210. The molecule has 380 valence electrons. The summed E-state index contributed by atoms with van der Waals surface area (Å²) in [6.07, 6.45) is 12.3. The molecule has 0 N–H and O–H groups in total. The summed E-state index contributed by atoms with van der Waals surface area (Å²) in [4.78, 5) is 44.3. The number of carbonyl (C=O) groups excluding carboxylic acids is 4. The predicted molar refractivity (Wildman–Crippen MR) is 273 cm³/mol. The minimum Gasteiger partial charge on any atom is -0.545 e. The van der Waals surface area contributed by atoms with E-state index in [4.69, 9.17) is 18.9 Å². The number of aromatic nitrogens is 4. The van der Waals surface area contributed by atoms with E-state index in [1.165, 1.54) is 22.3 Å². The van der Waals surface area contributed by atoms with Crippen LogP contribution < -0.4 is 28.8 Å². The highest BCUT2D eigenvalue weighted by atomic mass is 16.5. The van der Waals surface area contributed by atoms with E-state index < -0.39 is 11.9 Å². The quantitative estimate of drug-likeness (QED) is 0.0395. The van der Waals surface area contributed by atoms with Gasteiger partial charge in [-0.1, -0.05) is 133 Å². The highest BCUT2D eigenvalue weighted by Gasteiger charge is 2.22. The lowest BCUT2D eigenvalue weighted by atomic mass is 10.0. The van der Waals surface area contributed by atoms with Gasteiger partial charge >= 0.3 is 0 Å². The van der Waals surface area contributed by atoms with Crippen LogP contribution in [0.4, 0.5) is 0 Å². The molecule has 0 spiro atoms. The molecule has 2 unspecified atom stereocenters. The van der Waals surface area contributed by atoms with Gasteiger partial charge in [0.1, 0.15) is 61.6 Å². The molecular weight excluding hydrogens is 937 g/mol. The Morgan fingerprint density at radius 3 is 1.26 bits per heavy atom. The normalized spacial score (nSPS) is 11.6. The van der Waals surface area contributed by atoms with Gasteiger partial charge in [-0.25, -0.2) is 18.3 Å². The minimum absolute atomic E-state index is 0.0347. The van der Waals surface area contributed by atoms with Gasteiger partial charge in [-0.15, -0.1) is 0 Å². The first-order valence-electron chi connectivity index (χ1n) is 23.8. The summed E-state index contributed by atoms with van der Waals surface area (Å²) in [6.45, 7) is 7.12. The minimum atomic E-state index is -1.55. The molecule has 0 saturated carbocycles. The summed E-state index contributed by atoms with van der Waals surface area (Å²) < 4.78 is 31.1. The smallest absolute Gasteiger partial charge is 0.244 e. The summed E-state index contributed by atoms with van der Waals surface area (Å²) in [7, 11) is 3.20. The zero-order valence-electron chi connectivity index (χ0n) is 41.9. The summed E-state index contributed by atoms with van der Waals surface area (Å²) in [6, 6.07) is 51.5. The lowest BCUT2D eigenvalue weighted by Crippen LogP contribution is -2.36. The van der Waals surface area contributed by atoms with Crippen LogP contribution in [-0.4, -0.2) is 46.9 Å². The van der Waals surface area contributed by atoms with E-state index in [1.54, 1.807) is 26.4 Å². The number of rotatable bonds is 22. The van der Waals surface area contributed by atoms with Crippen LogP contribution in [0.3, 0.4) is 0 Å². The molecule has 0 aliphatic rings. The Kier molecular flexibility index (Phi) is 20.9. The van der Waals surface area contributed by atoms with E-state index in [2.05, 4.69) is 71.5 Å². The number of methoxy groups -OCH3 is 2. The maximum atomic E-state index is 12.7. The van der Waals surface area contributed by atoms with Crippen molar-refractivity contribution in [2.45, 2.75) is 65.4 Å². The van der Waals surface area contributed by atoms with Gasteiger partial charge in [0.15, 0.2) is 13.1 Å². The monoisotopic (exact) mass is 996 g/mol. The molecular formula is C60H60N4O10. The highest BCUT2D eigenvalue weighted by Crippen LogP contribution is 2.26. The SMILES string of the molecule is COc1cccc(C(=O)C[n+]2ccn(CC(OCc3ccccc3)c3ccccc3C)c2)c1.COc1cccc(C(=O)C[n+]2ccn(CC(OCc3ccccc3)c3ccccc3C)c2)c1.O=C([O-])/C=C/C(=O)[O-]. The molecule has 14 nitrogen and oxygen atoms in total. The molecule has 2 atom stereocenters. The Labute approximate surface area is 431 Å². The second kappa shape index (κ2) is 28.4. The van der Waals surface area contributed by atoms with Gasteiger partial charge in [0.25, 0.3) is 0 Å². The topological polar surface area (TPSA) is 169 Å². The fourth-order valence-corrected chi connectivity index (χ4v) is 7.83. The van der Waals surface area contributed by atoms with Crippen LogP contribution in [0, 0.1) is 13.8 Å². The third-order valence-electron chi connectivity index (χ3n) is 11.7. The molecule has 0 aliphatic heterocycles. The highest BCUT2D eigenvalue weighted by molar-refractivity contribution is 5.96.